The fraction of sp³-hybridized carbons (Fsp3) is 0.794. The maximum Gasteiger partial charge on any atom is 0.329 e. The van der Waals surface area contributed by atoms with Gasteiger partial charge in [0.05, 0.1) is 106 Å². The van der Waals surface area contributed by atoms with E-state index in [2.05, 4.69) is 31.9 Å². The Kier molecular flexibility index (Phi) is 36.4. The molecule has 5 aliphatic rings. The van der Waals surface area contributed by atoms with Crippen LogP contribution in [0.15, 0.2) is 12.1 Å². The Morgan fingerprint density at radius 2 is 0.747 bits per heavy atom. The number of fused-ring (bicyclic) bond motifs is 8. The molecule has 0 spiro atoms. The Labute approximate surface area is 544 Å². The molecule has 91 heavy (non-hydrogen) atoms. The van der Waals surface area contributed by atoms with Crippen LogP contribution in [0.25, 0.3) is 0 Å². The van der Waals surface area contributed by atoms with Crippen LogP contribution < -0.4 is 46.1 Å². The van der Waals surface area contributed by atoms with E-state index < -0.39 is 47.7 Å². The lowest BCUT2D eigenvalue weighted by atomic mass is 9.81. The van der Waals surface area contributed by atoms with Crippen LogP contribution >= 0.6 is 21.6 Å². The Hall–Kier alpha value is -4.75. The van der Waals surface area contributed by atoms with Crippen molar-refractivity contribution in [2.75, 3.05) is 159 Å². The van der Waals surface area contributed by atoms with Crippen molar-refractivity contribution in [2.24, 2.45) is 23.7 Å². The summed E-state index contributed by atoms with van der Waals surface area (Å²) in [6.45, 7) is 5.09. The fourth-order valence-electron chi connectivity index (χ4n) is 11.8. The predicted molar refractivity (Wildman–Crippen MR) is 339 cm³/mol. The maximum atomic E-state index is 14.8. The largest absolute Gasteiger partial charge is 0.487 e. The highest BCUT2D eigenvalue weighted by Crippen LogP contribution is 2.40. The lowest BCUT2D eigenvalue weighted by Crippen LogP contribution is -2.52. The molecule has 0 unspecified atom stereocenters. The van der Waals surface area contributed by atoms with Crippen LogP contribution in [0.2, 0.25) is 0 Å². The molecular weight excluding hydrogens is 1220 g/mol. The van der Waals surface area contributed by atoms with Gasteiger partial charge in [-0.3, -0.25) is 28.8 Å². The fourth-order valence-corrected chi connectivity index (χ4v) is 14.1. The van der Waals surface area contributed by atoms with Gasteiger partial charge in [-0.25, -0.2) is 4.79 Å². The van der Waals surface area contributed by atoms with E-state index >= 15 is 0 Å². The summed E-state index contributed by atoms with van der Waals surface area (Å²) in [6, 6.07) is -0.224. The molecular formula is C63H102N6O20S2. The third kappa shape index (κ3) is 28.0. The van der Waals surface area contributed by atoms with Gasteiger partial charge in [-0.2, -0.15) is 0 Å². The molecule has 6 amide bonds. The van der Waals surface area contributed by atoms with Crippen LogP contribution in [-0.4, -0.2) is 237 Å². The van der Waals surface area contributed by atoms with Gasteiger partial charge in [-0.15, -0.1) is 0 Å². The van der Waals surface area contributed by atoms with Crippen molar-refractivity contribution in [3.63, 3.8) is 0 Å². The summed E-state index contributed by atoms with van der Waals surface area (Å²) < 4.78 is 73.2. The molecule has 1 aliphatic heterocycles. The van der Waals surface area contributed by atoms with Crippen molar-refractivity contribution >= 4 is 63.0 Å². The van der Waals surface area contributed by atoms with E-state index in [1.165, 1.54) is 40.8 Å². The Morgan fingerprint density at radius 1 is 0.418 bits per heavy atom. The SMILES string of the molecule is COCCOCCOCCOc1cc(C(=O)N[C@H]2CSSC[C@@H](C(=O)OC)NC(=O)[C@@H]3CCC[C@@H](C3)NC(=O)[C@@H]3CCC[C@@H](C3)NC(=O)[C@@H]3CCC[C@@H](C3)NC(=O)[C@@H]3CCC[C@@H](C3)NC2=O)cc(OCCOCCOCCOC)c1OCCOCCOCCOC. The van der Waals surface area contributed by atoms with E-state index in [0.29, 0.717) is 143 Å². The quantitative estimate of drug-likeness (QED) is 0.0332. The normalized spacial score (nSPS) is 25.6. The first-order valence-electron chi connectivity index (χ1n) is 32.5. The van der Waals surface area contributed by atoms with Crippen molar-refractivity contribution < 1.29 is 95.1 Å². The van der Waals surface area contributed by atoms with Crippen molar-refractivity contribution in [1.82, 2.24) is 31.9 Å². The molecule has 10 atom stereocenters. The van der Waals surface area contributed by atoms with E-state index in [4.69, 9.17) is 61.6 Å². The van der Waals surface area contributed by atoms with Gasteiger partial charge in [0.15, 0.2) is 11.5 Å². The van der Waals surface area contributed by atoms with E-state index in [9.17, 15) is 33.6 Å². The summed E-state index contributed by atoms with van der Waals surface area (Å²) in [7, 11) is 8.48. The highest BCUT2D eigenvalue weighted by atomic mass is 33.1. The van der Waals surface area contributed by atoms with Crippen molar-refractivity contribution in [2.45, 2.75) is 139 Å². The zero-order chi connectivity index (χ0) is 64.8. The molecule has 4 aliphatic carbocycles. The first-order valence-corrected chi connectivity index (χ1v) is 35.0. The maximum absolute atomic E-state index is 14.8. The highest BCUT2D eigenvalue weighted by Gasteiger charge is 2.38. The van der Waals surface area contributed by atoms with Crippen molar-refractivity contribution in [3.05, 3.63) is 17.7 Å². The average Bonchev–Trinajstić information content (AvgIpc) is 0.956. The molecule has 6 rings (SSSR count). The number of esters is 1. The van der Waals surface area contributed by atoms with E-state index in [0.717, 1.165) is 25.7 Å². The summed E-state index contributed by atoms with van der Waals surface area (Å²) in [5.74, 6) is -3.30. The second kappa shape index (κ2) is 44.0. The van der Waals surface area contributed by atoms with E-state index in [-0.39, 0.29) is 141 Å². The van der Waals surface area contributed by atoms with Gasteiger partial charge >= 0.3 is 5.97 Å². The molecule has 1 saturated heterocycles. The molecule has 1 aromatic carbocycles. The number of methoxy groups -OCH3 is 4. The minimum atomic E-state index is -1.17. The first-order chi connectivity index (χ1) is 44.4. The van der Waals surface area contributed by atoms with E-state index in [1.54, 1.807) is 21.3 Å². The number of carbonyl (C=O) groups excluding carboxylic acids is 7. The summed E-state index contributed by atoms with van der Waals surface area (Å²) in [5, 5.41) is 18.8. The monoisotopic (exact) mass is 1330 g/mol. The predicted octanol–water partition coefficient (Wildman–Crippen LogP) is 3.71. The number of amides is 6. The molecule has 1 heterocycles. The smallest absolute Gasteiger partial charge is 0.329 e. The van der Waals surface area contributed by atoms with Crippen LogP contribution in [0.4, 0.5) is 0 Å². The zero-order valence-corrected chi connectivity index (χ0v) is 55.5. The van der Waals surface area contributed by atoms with Crippen molar-refractivity contribution in [3.8, 4) is 17.2 Å². The minimum Gasteiger partial charge on any atom is -0.487 e. The molecule has 4 saturated carbocycles. The van der Waals surface area contributed by atoms with Crippen molar-refractivity contribution in [1.29, 1.82) is 0 Å². The second-order valence-corrected chi connectivity index (χ2v) is 26.0. The van der Waals surface area contributed by atoms with Gasteiger partial charge in [0.1, 0.15) is 31.9 Å². The Bertz CT molecular complexity index is 2310. The molecule has 8 bridgehead atoms. The molecule has 0 radical (unpaired) electrons. The van der Waals surface area contributed by atoms with Gasteiger partial charge in [0.2, 0.25) is 35.3 Å². The van der Waals surface area contributed by atoms with Gasteiger partial charge in [-0.05, 0) is 89.2 Å². The number of benzene rings is 1. The van der Waals surface area contributed by atoms with Crippen LogP contribution in [-0.2, 0) is 76.1 Å². The molecule has 5 fully saturated rings. The number of nitrogens with one attached hydrogen (secondary N) is 6. The lowest BCUT2D eigenvalue weighted by molar-refractivity contribution is -0.145. The number of hydrogen-bond acceptors (Lipinski definition) is 22. The van der Waals surface area contributed by atoms with E-state index in [1.807, 2.05) is 0 Å². The van der Waals surface area contributed by atoms with Gasteiger partial charge in [-0.1, -0.05) is 47.3 Å². The standard InChI is InChI=1S/C63H102N6O20S2/c1-77-17-20-81-23-26-84-29-32-87-54-39-47(40-55(88-33-30-85-27-24-82-21-18-78-2)56(54)89-34-31-86-28-25-83-22-19-79-3)61(74)68-52-41-90-91-42-53(63(76)80-4)69-60(73)46-12-8-15-50(38-46)66-58(71)44-10-6-13-48(36-44)64-57(70)43-9-5-14-49(35-43)65-59(72)45-11-7-16-51(37-45)67-62(52)75/h39-40,43-46,48-53H,5-38,41-42H2,1-4H3,(H,64,70)(H,65,72)(H,66,71)(H,67,75)(H,68,74)(H,69,73)/t43-,44-,45-,46-,48+,49+,50+,51+,52+,53+/m1/s1. The lowest BCUT2D eigenvalue weighted by Gasteiger charge is -2.35. The minimum absolute atomic E-state index is 0.00720. The third-order valence-corrected chi connectivity index (χ3v) is 19.1. The van der Waals surface area contributed by atoms with Crippen LogP contribution in [0, 0.1) is 23.7 Å². The number of carbonyl (C=O) groups is 7. The van der Waals surface area contributed by atoms with Gasteiger partial charge in [0, 0.05) is 86.2 Å². The third-order valence-electron chi connectivity index (χ3n) is 16.7. The number of hydrogen-bond donors (Lipinski definition) is 6. The molecule has 516 valence electrons. The molecule has 0 aromatic heterocycles. The van der Waals surface area contributed by atoms with Crippen LogP contribution in [0.1, 0.15) is 113 Å². The highest BCUT2D eigenvalue weighted by molar-refractivity contribution is 8.76. The summed E-state index contributed by atoms with van der Waals surface area (Å²) in [4.78, 5) is 98.6. The molecule has 6 N–H and O–H groups in total. The number of rotatable bonds is 33. The first kappa shape index (κ1) is 75.3. The van der Waals surface area contributed by atoms with Gasteiger partial charge < -0.3 is 93.5 Å². The zero-order valence-electron chi connectivity index (χ0n) is 53.9. The molecule has 1 aromatic rings. The van der Waals surface area contributed by atoms with Crippen LogP contribution in [0.3, 0.4) is 0 Å². The Balaban J connectivity index is 1.23. The summed E-state index contributed by atoms with van der Waals surface area (Å²) in [6.07, 6.45) is 10.2. The summed E-state index contributed by atoms with van der Waals surface area (Å²) in [5.41, 5.74) is 0.0621. The van der Waals surface area contributed by atoms with Crippen LogP contribution in [0.5, 0.6) is 17.2 Å². The average molecular weight is 1330 g/mol. The second-order valence-electron chi connectivity index (χ2n) is 23.5. The summed E-state index contributed by atoms with van der Waals surface area (Å²) >= 11 is 0. The molecule has 28 heteroatoms. The molecule has 26 nitrogen and oxygen atoms in total. The number of ether oxygens (including phenoxy) is 13. The topological polar surface area (TPSA) is 312 Å². The van der Waals surface area contributed by atoms with Gasteiger partial charge in [0.25, 0.3) is 5.91 Å². The Morgan fingerprint density at radius 3 is 1.12 bits per heavy atom.